The summed E-state index contributed by atoms with van der Waals surface area (Å²) in [5.41, 5.74) is 1.36. The molecule has 3 rings (SSSR count). The number of carboxylic acid groups (broad SMARTS) is 1. The molecule has 1 fully saturated rings. The molecule has 1 saturated heterocycles. The van der Waals surface area contributed by atoms with Crippen molar-refractivity contribution in [1.29, 1.82) is 0 Å². The van der Waals surface area contributed by atoms with Crippen molar-refractivity contribution in [1.82, 2.24) is 10.0 Å². The van der Waals surface area contributed by atoms with Crippen LogP contribution in [0, 0.1) is 0 Å². The molecule has 0 spiro atoms. The van der Waals surface area contributed by atoms with E-state index in [-0.39, 0.29) is 17.6 Å². The standard InChI is InChI=1S/C22H27ClN2O5/c1-22(2,3)29-30-25-17(12-14-4-6-15(7-5-14)21(27)28)9-10-18(25)20(26)16-8-11-19(23)24-13-16/h4-8,11,13,17-18,20,26H,9-10,12H2,1-3H3,(H,27,28)/t17-,18+,20+/m0/s1. The molecule has 0 aliphatic carbocycles. The number of carbonyl (C=O) groups is 1. The van der Waals surface area contributed by atoms with Crippen LogP contribution in [0.25, 0.3) is 0 Å². The van der Waals surface area contributed by atoms with Crippen LogP contribution in [-0.2, 0) is 16.3 Å². The van der Waals surface area contributed by atoms with Crippen LogP contribution >= 0.6 is 11.6 Å². The zero-order valence-corrected chi connectivity index (χ0v) is 18.0. The highest BCUT2D eigenvalue weighted by atomic mass is 35.5. The Hall–Kier alpha value is -2.03. The second-order valence-electron chi connectivity index (χ2n) is 8.49. The first-order valence-electron chi connectivity index (χ1n) is 9.90. The van der Waals surface area contributed by atoms with E-state index in [1.807, 2.05) is 20.8 Å². The van der Waals surface area contributed by atoms with Crippen LogP contribution in [0.15, 0.2) is 42.6 Å². The zero-order valence-electron chi connectivity index (χ0n) is 17.3. The number of hydrogen-bond donors (Lipinski definition) is 2. The molecule has 1 aromatic heterocycles. The van der Waals surface area contributed by atoms with E-state index in [4.69, 9.17) is 26.6 Å². The maximum absolute atomic E-state index is 11.1. The van der Waals surface area contributed by atoms with Gasteiger partial charge >= 0.3 is 5.97 Å². The van der Waals surface area contributed by atoms with Crippen LogP contribution in [-0.4, -0.2) is 43.9 Å². The van der Waals surface area contributed by atoms with Gasteiger partial charge in [-0.3, -0.25) is 0 Å². The van der Waals surface area contributed by atoms with E-state index in [1.54, 1.807) is 47.7 Å². The van der Waals surface area contributed by atoms with Crippen molar-refractivity contribution in [2.75, 3.05) is 0 Å². The molecule has 2 heterocycles. The van der Waals surface area contributed by atoms with E-state index in [9.17, 15) is 9.90 Å². The molecule has 8 heteroatoms. The Balaban J connectivity index is 1.77. The van der Waals surface area contributed by atoms with Crippen molar-refractivity contribution in [2.24, 2.45) is 0 Å². The first-order valence-corrected chi connectivity index (χ1v) is 10.3. The highest BCUT2D eigenvalue weighted by Gasteiger charge is 2.41. The second-order valence-corrected chi connectivity index (χ2v) is 8.88. The highest BCUT2D eigenvalue weighted by molar-refractivity contribution is 6.29. The van der Waals surface area contributed by atoms with Gasteiger partial charge in [0.2, 0.25) is 0 Å². The summed E-state index contributed by atoms with van der Waals surface area (Å²) in [5, 5.41) is 22.1. The number of hydroxylamine groups is 2. The van der Waals surface area contributed by atoms with E-state index in [0.717, 1.165) is 12.0 Å². The van der Waals surface area contributed by atoms with Crippen molar-refractivity contribution in [2.45, 2.75) is 63.8 Å². The smallest absolute Gasteiger partial charge is 0.335 e. The normalized spacial score (nSPS) is 21.0. The van der Waals surface area contributed by atoms with Crippen LogP contribution in [0.3, 0.4) is 0 Å². The van der Waals surface area contributed by atoms with E-state index in [0.29, 0.717) is 23.6 Å². The van der Waals surface area contributed by atoms with E-state index >= 15 is 0 Å². The Bertz CT molecular complexity index is 851. The molecule has 0 saturated carbocycles. The Kier molecular flexibility index (Phi) is 7.10. The summed E-state index contributed by atoms with van der Waals surface area (Å²) in [7, 11) is 0. The molecule has 2 N–H and O–H groups in total. The van der Waals surface area contributed by atoms with Crippen molar-refractivity contribution >= 4 is 17.6 Å². The third kappa shape index (κ3) is 5.77. The molecule has 0 radical (unpaired) electrons. The van der Waals surface area contributed by atoms with Crippen LogP contribution in [0.2, 0.25) is 5.15 Å². The molecule has 2 aromatic rings. The monoisotopic (exact) mass is 434 g/mol. The van der Waals surface area contributed by atoms with Crippen molar-refractivity contribution < 1.29 is 24.9 Å². The SMILES string of the molecule is CC(C)(C)OON1[C@H](Cc2ccc(C(=O)O)cc2)CC[C@@H]1[C@H](O)c1ccc(Cl)nc1. The van der Waals surface area contributed by atoms with Gasteiger partial charge in [0.25, 0.3) is 0 Å². The molecular weight excluding hydrogens is 408 g/mol. The molecule has 0 amide bonds. The van der Waals surface area contributed by atoms with Gasteiger partial charge in [0.1, 0.15) is 5.15 Å². The van der Waals surface area contributed by atoms with Gasteiger partial charge in [-0.25, -0.2) is 14.7 Å². The van der Waals surface area contributed by atoms with E-state index < -0.39 is 17.7 Å². The number of aromatic nitrogens is 1. The molecule has 1 aliphatic rings. The number of rotatable bonds is 7. The lowest BCUT2D eigenvalue weighted by atomic mass is 10.0. The number of benzene rings is 1. The van der Waals surface area contributed by atoms with Crippen LogP contribution in [0.5, 0.6) is 0 Å². The number of pyridine rings is 1. The first-order chi connectivity index (χ1) is 14.1. The minimum Gasteiger partial charge on any atom is -0.478 e. The predicted octanol–water partition coefficient (Wildman–Crippen LogP) is 4.20. The molecule has 1 aliphatic heterocycles. The van der Waals surface area contributed by atoms with Crippen molar-refractivity contribution in [3.8, 4) is 0 Å². The maximum atomic E-state index is 11.1. The summed E-state index contributed by atoms with van der Waals surface area (Å²) < 4.78 is 0. The van der Waals surface area contributed by atoms with Crippen LogP contribution in [0.1, 0.15) is 61.2 Å². The summed E-state index contributed by atoms with van der Waals surface area (Å²) in [4.78, 5) is 26.4. The van der Waals surface area contributed by atoms with Gasteiger partial charge in [0.15, 0.2) is 0 Å². The van der Waals surface area contributed by atoms with Crippen LogP contribution < -0.4 is 0 Å². The fourth-order valence-electron chi connectivity index (χ4n) is 3.49. The third-order valence-electron chi connectivity index (χ3n) is 4.98. The third-order valence-corrected chi connectivity index (χ3v) is 5.21. The van der Waals surface area contributed by atoms with E-state index in [2.05, 4.69) is 4.98 Å². The number of halogens is 1. The number of carboxylic acids is 1. The highest BCUT2D eigenvalue weighted by Crippen LogP contribution is 2.35. The summed E-state index contributed by atoms with van der Waals surface area (Å²) in [6, 6.07) is 9.83. The molecule has 7 nitrogen and oxygen atoms in total. The Morgan fingerprint density at radius 1 is 1.23 bits per heavy atom. The van der Waals surface area contributed by atoms with Crippen molar-refractivity contribution in [3.05, 3.63) is 64.4 Å². The Morgan fingerprint density at radius 3 is 2.50 bits per heavy atom. The van der Waals surface area contributed by atoms with Gasteiger partial charge in [-0.15, -0.1) is 10.1 Å². The van der Waals surface area contributed by atoms with Gasteiger partial charge < -0.3 is 10.2 Å². The van der Waals surface area contributed by atoms with Gasteiger partial charge in [0.05, 0.1) is 23.3 Å². The molecule has 3 atom stereocenters. The topological polar surface area (TPSA) is 92.1 Å². The average Bonchev–Trinajstić information content (AvgIpc) is 3.08. The Labute approximate surface area is 181 Å². The predicted molar refractivity (Wildman–Crippen MR) is 112 cm³/mol. The summed E-state index contributed by atoms with van der Waals surface area (Å²) >= 11 is 5.86. The number of aromatic carboxylic acids is 1. The maximum Gasteiger partial charge on any atom is 0.335 e. The summed E-state index contributed by atoms with van der Waals surface area (Å²) in [5.74, 6) is -0.953. The van der Waals surface area contributed by atoms with E-state index in [1.165, 1.54) is 0 Å². The van der Waals surface area contributed by atoms with Gasteiger partial charge in [-0.1, -0.05) is 29.8 Å². The minimum atomic E-state index is -0.953. The van der Waals surface area contributed by atoms with Crippen LogP contribution in [0.4, 0.5) is 0 Å². The molecule has 1 aromatic carbocycles. The minimum absolute atomic E-state index is 0.0389. The first kappa shape index (κ1) is 22.7. The lowest BCUT2D eigenvalue weighted by Gasteiger charge is -2.32. The van der Waals surface area contributed by atoms with Crippen molar-refractivity contribution in [3.63, 3.8) is 0 Å². The van der Waals surface area contributed by atoms with Gasteiger partial charge in [-0.05, 0) is 63.8 Å². The summed E-state index contributed by atoms with van der Waals surface area (Å²) in [6.07, 6.45) is 2.87. The molecule has 0 unspecified atom stereocenters. The number of nitrogens with zero attached hydrogens (tertiary/aromatic N) is 2. The quantitative estimate of drug-likeness (QED) is 0.383. The fourth-order valence-corrected chi connectivity index (χ4v) is 3.60. The van der Waals surface area contributed by atoms with Gasteiger partial charge in [-0.2, -0.15) is 0 Å². The number of aliphatic hydroxyl groups excluding tert-OH is 1. The second kappa shape index (κ2) is 9.41. The zero-order chi connectivity index (χ0) is 21.9. The lowest BCUT2D eigenvalue weighted by Crippen LogP contribution is -2.42. The molecular formula is C22H27ClN2O5. The average molecular weight is 435 g/mol. The Morgan fingerprint density at radius 2 is 1.93 bits per heavy atom. The largest absolute Gasteiger partial charge is 0.478 e. The number of aliphatic hydroxyl groups is 1. The fraction of sp³-hybridized carbons (Fsp3) is 0.455. The number of hydrogen-bond acceptors (Lipinski definition) is 6. The summed E-state index contributed by atoms with van der Waals surface area (Å²) in [6.45, 7) is 5.66. The molecule has 162 valence electrons. The lowest BCUT2D eigenvalue weighted by molar-refractivity contribution is -0.475. The molecule has 30 heavy (non-hydrogen) atoms. The molecule has 0 bridgehead atoms. The van der Waals surface area contributed by atoms with Gasteiger partial charge in [0, 0.05) is 17.8 Å².